The van der Waals surface area contributed by atoms with E-state index in [2.05, 4.69) is 4.90 Å². The molecule has 0 atom stereocenters. The van der Waals surface area contributed by atoms with Crippen molar-refractivity contribution in [2.24, 2.45) is 0 Å². The van der Waals surface area contributed by atoms with Crippen LogP contribution in [-0.2, 0) is 0 Å². The Morgan fingerprint density at radius 2 is 1.35 bits per heavy atom. The predicted molar refractivity (Wildman–Crippen MR) is 97.7 cm³/mol. The molecule has 4 heteroatoms. The summed E-state index contributed by atoms with van der Waals surface area (Å²) in [6, 6.07) is 23.4. The van der Waals surface area contributed by atoms with Crippen molar-refractivity contribution in [2.45, 2.75) is 0 Å². The quantitative estimate of drug-likeness (QED) is 0.538. The highest BCUT2D eigenvalue weighted by atomic mass is 35.5. The zero-order valence-corrected chi connectivity index (χ0v) is 14.1. The molecule has 0 aliphatic heterocycles. The van der Waals surface area contributed by atoms with Gasteiger partial charge in [-0.2, -0.15) is 0 Å². The van der Waals surface area contributed by atoms with Crippen LogP contribution in [0.4, 0.5) is 17.1 Å². The summed E-state index contributed by atoms with van der Waals surface area (Å²) < 4.78 is 5.52. The van der Waals surface area contributed by atoms with E-state index in [4.69, 9.17) is 27.9 Å². The third-order valence-electron chi connectivity index (χ3n) is 3.48. The maximum absolute atomic E-state index is 6.10. The van der Waals surface area contributed by atoms with Gasteiger partial charge in [-0.3, -0.25) is 0 Å². The van der Waals surface area contributed by atoms with Crippen molar-refractivity contribution in [3.8, 4) is 5.75 Å². The normalized spacial score (nSPS) is 10.4. The second kappa shape index (κ2) is 6.95. The van der Waals surface area contributed by atoms with Crippen molar-refractivity contribution in [1.29, 1.82) is 0 Å². The lowest BCUT2D eigenvalue weighted by Gasteiger charge is -2.27. The molecule has 0 aliphatic rings. The van der Waals surface area contributed by atoms with Crippen molar-refractivity contribution < 1.29 is 4.74 Å². The number of anilines is 3. The fourth-order valence-electron chi connectivity index (χ4n) is 2.43. The van der Waals surface area contributed by atoms with Gasteiger partial charge in [0.2, 0.25) is 0 Å². The Labute approximate surface area is 145 Å². The number of halogens is 2. The first-order valence-electron chi connectivity index (χ1n) is 7.13. The minimum atomic E-state index is 0.634. The van der Waals surface area contributed by atoms with Gasteiger partial charge in [-0.05, 0) is 48.5 Å². The highest BCUT2D eigenvalue weighted by Crippen LogP contribution is 2.41. The van der Waals surface area contributed by atoms with Gasteiger partial charge in [0.25, 0.3) is 0 Å². The minimum Gasteiger partial charge on any atom is -0.495 e. The van der Waals surface area contributed by atoms with Gasteiger partial charge in [0, 0.05) is 27.5 Å². The summed E-state index contributed by atoms with van der Waals surface area (Å²) in [4.78, 5) is 2.10. The van der Waals surface area contributed by atoms with Crippen molar-refractivity contribution in [3.63, 3.8) is 0 Å². The molecule has 0 unspecified atom stereocenters. The van der Waals surface area contributed by atoms with E-state index in [1.807, 2.05) is 72.8 Å². The fraction of sp³-hybridized carbons (Fsp3) is 0.0526. The summed E-state index contributed by atoms with van der Waals surface area (Å²) in [6.45, 7) is 0. The number of hydrogen-bond donors (Lipinski definition) is 0. The lowest BCUT2D eigenvalue weighted by atomic mass is 10.2. The van der Waals surface area contributed by atoms with Gasteiger partial charge in [0.05, 0.1) is 12.8 Å². The monoisotopic (exact) mass is 343 g/mol. The first-order chi connectivity index (χ1) is 11.2. The molecule has 0 amide bonds. The summed E-state index contributed by atoms with van der Waals surface area (Å²) in [7, 11) is 1.64. The molecule has 0 N–H and O–H groups in total. The highest BCUT2D eigenvalue weighted by molar-refractivity contribution is 6.31. The molecule has 3 aromatic carbocycles. The minimum absolute atomic E-state index is 0.634. The van der Waals surface area contributed by atoms with E-state index >= 15 is 0 Å². The molecule has 0 heterocycles. The van der Waals surface area contributed by atoms with E-state index in [9.17, 15) is 0 Å². The number of ether oxygens (including phenoxy) is 1. The molecular weight excluding hydrogens is 329 g/mol. The number of nitrogens with zero attached hydrogens (tertiary/aromatic N) is 1. The lowest BCUT2D eigenvalue weighted by Crippen LogP contribution is -2.11. The number of methoxy groups -OCH3 is 1. The number of rotatable bonds is 4. The maximum Gasteiger partial charge on any atom is 0.144 e. The second-order valence-electron chi connectivity index (χ2n) is 4.96. The molecule has 0 saturated heterocycles. The third kappa shape index (κ3) is 3.44. The van der Waals surface area contributed by atoms with E-state index in [1.54, 1.807) is 7.11 Å². The summed E-state index contributed by atoms with van der Waals surface area (Å²) in [6.07, 6.45) is 0. The Balaban J connectivity index is 2.18. The Hall–Kier alpha value is -2.16. The lowest BCUT2D eigenvalue weighted by molar-refractivity contribution is 0.416. The molecule has 0 spiro atoms. The van der Waals surface area contributed by atoms with Crippen molar-refractivity contribution in [2.75, 3.05) is 12.0 Å². The molecule has 0 saturated carbocycles. The van der Waals surface area contributed by atoms with Crippen LogP contribution < -0.4 is 9.64 Å². The van der Waals surface area contributed by atoms with Crippen LogP contribution in [0.3, 0.4) is 0 Å². The van der Waals surface area contributed by atoms with E-state index in [1.165, 1.54) is 0 Å². The maximum atomic E-state index is 6.10. The summed E-state index contributed by atoms with van der Waals surface area (Å²) in [5.41, 5.74) is 2.92. The van der Waals surface area contributed by atoms with E-state index in [0.29, 0.717) is 15.8 Å². The first kappa shape index (κ1) is 15.7. The Kier molecular flexibility index (Phi) is 4.75. The van der Waals surface area contributed by atoms with Crippen molar-refractivity contribution in [1.82, 2.24) is 0 Å². The molecule has 23 heavy (non-hydrogen) atoms. The molecule has 0 radical (unpaired) electrons. The Morgan fingerprint density at radius 1 is 0.739 bits per heavy atom. The Morgan fingerprint density at radius 3 is 2.00 bits per heavy atom. The molecule has 116 valence electrons. The molecule has 0 fully saturated rings. The zero-order chi connectivity index (χ0) is 16.2. The smallest absolute Gasteiger partial charge is 0.144 e. The largest absolute Gasteiger partial charge is 0.495 e. The van der Waals surface area contributed by atoms with Crippen LogP contribution in [0, 0.1) is 0 Å². The average Bonchev–Trinajstić information content (AvgIpc) is 2.59. The zero-order valence-electron chi connectivity index (χ0n) is 12.5. The van der Waals surface area contributed by atoms with Crippen LogP contribution in [0.5, 0.6) is 5.75 Å². The summed E-state index contributed by atoms with van der Waals surface area (Å²) >= 11 is 12.1. The first-order valence-corrected chi connectivity index (χ1v) is 7.89. The van der Waals surface area contributed by atoms with Gasteiger partial charge in [-0.1, -0.05) is 41.4 Å². The summed E-state index contributed by atoms with van der Waals surface area (Å²) in [5.74, 6) is 0.705. The molecule has 2 nitrogen and oxygen atoms in total. The van der Waals surface area contributed by atoms with Gasteiger partial charge in [0.1, 0.15) is 5.75 Å². The van der Waals surface area contributed by atoms with Crippen molar-refractivity contribution in [3.05, 3.63) is 82.8 Å². The number of para-hydroxylation sites is 1. The number of hydrogen-bond acceptors (Lipinski definition) is 2. The average molecular weight is 344 g/mol. The fourth-order valence-corrected chi connectivity index (χ4v) is 2.72. The van der Waals surface area contributed by atoms with Gasteiger partial charge in [0.15, 0.2) is 0 Å². The molecule has 0 aliphatic carbocycles. The second-order valence-corrected chi connectivity index (χ2v) is 5.84. The van der Waals surface area contributed by atoms with E-state index in [-0.39, 0.29) is 0 Å². The van der Waals surface area contributed by atoms with E-state index < -0.39 is 0 Å². The van der Waals surface area contributed by atoms with Crippen molar-refractivity contribution >= 4 is 40.3 Å². The highest BCUT2D eigenvalue weighted by Gasteiger charge is 2.16. The van der Waals surface area contributed by atoms with Crippen LogP contribution in [0.25, 0.3) is 0 Å². The van der Waals surface area contributed by atoms with Crippen LogP contribution in [0.1, 0.15) is 0 Å². The van der Waals surface area contributed by atoms with Gasteiger partial charge in [-0.25, -0.2) is 0 Å². The topological polar surface area (TPSA) is 12.5 Å². The van der Waals surface area contributed by atoms with Gasteiger partial charge < -0.3 is 9.64 Å². The molecule has 0 bridgehead atoms. The van der Waals surface area contributed by atoms with Crippen LogP contribution in [-0.4, -0.2) is 7.11 Å². The van der Waals surface area contributed by atoms with Crippen LogP contribution in [0.2, 0.25) is 10.0 Å². The predicted octanol–water partition coefficient (Wildman–Crippen LogP) is 6.47. The van der Waals surface area contributed by atoms with Crippen LogP contribution >= 0.6 is 23.2 Å². The molecule has 3 rings (SSSR count). The summed E-state index contributed by atoms with van der Waals surface area (Å²) in [5, 5.41) is 1.33. The van der Waals surface area contributed by atoms with E-state index in [0.717, 1.165) is 17.1 Å². The Bertz CT molecular complexity index is 788. The standard InChI is InChI=1S/C19H15Cl2NO/c1-23-19-13-15(21)9-12-18(19)22(16-5-3-2-4-6-16)17-10-7-14(20)8-11-17/h2-13H,1H3. The SMILES string of the molecule is COc1cc(Cl)ccc1N(c1ccccc1)c1ccc(Cl)cc1. The van der Waals surface area contributed by atoms with Crippen LogP contribution in [0.15, 0.2) is 72.8 Å². The molecule has 0 aromatic heterocycles. The van der Waals surface area contributed by atoms with Gasteiger partial charge >= 0.3 is 0 Å². The third-order valence-corrected chi connectivity index (χ3v) is 3.97. The van der Waals surface area contributed by atoms with Gasteiger partial charge in [-0.15, -0.1) is 0 Å². The molecule has 3 aromatic rings. The molecular formula is C19H15Cl2NO. The number of benzene rings is 3.